The average Bonchev–Trinajstić information content (AvgIpc) is 2.44. The lowest BCUT2D eigenvalue weighted by molar-refractivity contribution is -0.137. The van der Waals surface area contributed by atoms with Crippen LogP contribution in [0.5, 0.6) is 0 Å². The standard InChI is InChI=1S/C15H10F3NO2/c16-15(17,18)13-3-1-10(2-4-14(20)21)9-12(13)11-5-7-19-8-6-11/h1-9H,(H,20,21). The van der Waals surface area contributed by atoms with Gasteiger partial charge in [0.15, 0.2) is 0 Å². The van der Waals surface area contributed by atoms with Gasteiger partial charge in [0.1, 0.15) is 0 Å². The Balaban J connectivity index is 2.57. The molecule has 1 aromatic carbocycles. The van der Waals surface area contributed by atoms with Crippen LogP contribution < -0.4 is 0 Å². The van der Waals surface area contributed by atoms with Gasteiger partial charge in [0, 0.05) is 18.5 Å². The largest absolute Gasteiger partial charge is 0.478 e. The lowest BCUT2D eigenvalue weighted by Crippen LogP contribution is -2.07. The molecule has 0 unspecified atom stereocenters. The summed E-state index contributed by atoms with van der Waals surface area (Å²) in [4.78, 5) is 14.3. The summed E-state index contributed by atoms with van der Waals surface area (Å²) in [6.45, 7) is 0. The van der Waals surface area contributed by atoms with Gasteiger partial charge in [-0.25, -0.2) is 4.79 Å². The smallest absolute Gasteiger partial charge is 0.417 e. The van der Waals surface area contributed by atoms with Gasteiger partial charge in [0.25, 0.3) is 0 Å². The normalized spacial score (nSPS) is 11.8. The van der Waals surface area contributed by atoms with Gasteiger partial charge in [-0.2, -0.15) is 13.2 Å². The first-order valence-electron chi connectivity index (χ1n) is 5.90. The molecule has 0 atom stereocenters. The molecule has 0 aliphatic heterocycles. The maximum atomic E-state index is 13.1. The Morgan fingerprint density at radius 1 is 1.14 bits per heavy atom. The minimum atomic E-state index is -4.49. The number of aliphatic carboxylic acids is 1. The van der Waals surface area contributed by atoms with Crippen LogP contribution in [-0.2, 0) is 11.0 Å². The number of benzene rings is 1. The Morgan fingerprint density at radius 2 is 1.81 bits per heavy atom. The molecule has 1 N–H and O–H groups in total. The summed E-state index contributed by atoms with van der Waals surface area (Å²) in [5.74, 6) is -1.17. The van der Waals surface area contributed by atoms with Gasteiger partial charge in [-0.15, -0.1) is 0 Å². The van der Waals surface area contributed by atoms with Gasteiger partial charge in [-0.05, 0) is 47.0 Å². The van der Waals surface area contributed by atoms with E-state index in [1.54, 1.807) is 0 Å². The van der Waals surface area contributed by atoms with Crippen LogP contribution in [0.1, 0.15) is 11.1 Å². The number of carbonyl (C=O) groups is 1. The van der Waals surface area contributed by atoms with Crippen LogP contribution in [0.25, 0.3) is 17.2 Å². The van der Waals surface area contributed by atoms with Gasteiger partial charge < -0.3 is 5.11 Å². The molecular formula is C15H10F3NO2. The van der Waals surface area contributed by atoms with Crippen molar-refractivity contribution in [3.8, 4) is 11.1 Å². The van der Waals surface area contributed by atoms with Crippen molar-refractivity contribution in [2.24, 2.45) is 0 Å². The fourth-order valence-electron chi connectivity index (χ4n) is 1.85. The van der Waals surface area contributed by atoms with Crippen LogP contribution in [-0.4, -0.2) is 16.1 Å². The number of hydrogen-bond acceptors (Lipinski definition) is 2. The minimum Gasteiger partial charge on any atom is -0.478 e. The molecule has 2 rings (SSSR count). The first-order chi connectivity index (χ1) is 9.88. The Morgan fingerprint density at radius 3 is 2.38 bits per heavy atom. The van der Waals surface area contributed by atoms with E-state index in [9.17, 15) is 18.0 Å². The summed E-state index contributed by atoms with van der Waals surface area (Å²) >= 11 is 0. The van der Waals surface area contributed by atoms with Crippen LogP contribution in [0.4, 0.5) is 13.2 Å². The third-order valence-electron chi connectivity index (χ3n) is 2.76. The second-order valence-corrected chi connectivity index (χ2v) is 4.21. The number of alkyl halides is 3. The molecular weight excluding hydrogens is 283 g/mol. The van der Waals surface area contributed by atoms with E-state index in [1.807, 2.05) is 0 Å². The Bertz CT molecular complexity index is 679. The zero-order valence-electron chi connectivity index (χ0n) is 10.6. The molecule has 3 nitrogen and oxygen atoms in total. The predicted octanol–water partition coefficient (Wildman–Crippen LogP) is 3.87. The number of hydrogen-bond donors (Lipinski definition) is 1. The molecule has 6 heteroatoms. The van der Waals surface area contributed by atoms with Gasteiger partial charge in [0.2, 0.25) is 0 Å². The number of nitrogens with zero attached hydrogens (tertiary/aromatic N) is 1. The molecule has 21 heavy (non-hydrogen) atoms. The Hall–Kier alpha value is -2.63. The third-order valence-corrected chi connectivity index (χ3v) is 2.76. The fraction of sp³-hybridized carbons (Fsp3) is 0.0667. The minimum absolute atomic E-state index is 0.0163. The molecule has 0 amide bonds. The van der Waals surface area contributed by atoms with Crippen LogP contribution in [0.3, 0.4) is 0 Å². The fourth-order valence-corrected chi connectivity index (χ4v) is 1.85. The summed E-state index contributed by atoms with van der Waals surface area (Å²) in [7, 11) is 0. The van der Waals surface area contributed by atoms with E-state index < -0.39 is 17.7 Å². The Labute approximate surface area is 118 Å². The van der Waals surface area contributed by atoms with Crippen molar-refractivity contribution >= 4 is 12.0 Å². The monoisotopic (exact) mass is 293 g/mol. The molecule has 0 bridgehead atoms. The second-order valence-electron chi connectivity index (χ2n) is 4.21. The molecule has 2 aromatic rings. The highest BCUT2D eigenvalue weighted by Gasteiger charge is 2.33. The van der Waals surface area contributed by atoms with Gasteiger partial charge in [-0.3, -0.25) is 4.98 Å². The zero-order chi connectivity index (χ0) is 15.5. The average molecular weight is 293 g/mol. The number of carboxylic acid groups (broad SMARTS) is 1. The highest BCUT2D eigenvalue weighted by molar-refractivity contribution is 5.85. The third kappa shape index (κ3) is 3.68. The molecule has 0 aliphatic carbocycles. The Kier molecular flexibility index (Phi) is 4.07. The zero-order valence-corrected chi connectivity index (χ0v) is 10.6. The van der Waals surface area contributed by atoms with Crippen molar-refractivity contribution < 1.29 is 23.1 Å². The van der Waals surface area contributed by atoms with E-state index in [0.29, 0.717) is 11.1 Å². The molecule has 108 valence electrons. The molecule has 0 radical (unpaired) electrons. The highest BCUT2D eigenvalue weighted by atomic mass is 19.4. The van der Waals surface area contributed by atoms with E-state index in [4.69, 9.17) is 5.11 Å². The maximum absolute atomic E-state index is 13.1. The first-order valence-corrected chi connectivity index (χ1v) is 5.90. The van der Waals surface area contributed by atoms with Crippen molar-refractivity contribution in [2.75, 3.05) is 0 Å². The lowest BCUT2D eigenvalue weighted by Gasteiger charge is -2.13. The van der Waals surface area contributed by atoms with Gasteiger partial charge in [0.05, 0.1) is 5.56 Å². The second kappa shape index (κ2) is 5.78. The summed E-state index contributed by atoms with van der Waals surface area (Å²) in [6.07, 6.45) is 0.421. The molecule has 1 aromatic heterocycles. The number of aromatic nitrogens is 1. The van der Waals surface area contributed by atoms with Crippen LogP contribution in [0.2, 0.25) is 0 Å². The maximum Gasteiger partial charge on any atom is 0.417 e. The molecule has 0 aliphatic rings. The first kappa shape index (κ1) is 14.8. The lowest BCUT2D eigenvalue weighted by atomic mass is 9.97. The van der Waals surface area contributed by atoms with E-state index in [1.165, 1.54) is 42.7 Å². The summed E-state index contributed by atoms with van der Waals surface area (Å²) in [6, 6.07) is 6.41. The van der Waals surface area contributed by atoms with Crippen LogP contribution >= 0.6 is 0 Å². The topological polar surface area (TPSA) is 50.2 Å². The molecule has 1 heterocycles. The molecule has 0 saturated carbocycles. The van der Waals surface area contributed by atoms with Crippen molar-refractivity contribution in [3.63, 3.8) is 0 Å². The van der Waals surface area contributed by atoms with Crippen LogP contribution in [0, 0.1) is 0 Å². The van der Waals surface area contributed by atoms with Crippen molar-refractivity contribution in [2.45, 2.75) is 6.18 Å². The van der Waals surface area contributed by atoms with E-state index in [-0.39, 0.29) is 5.56 Å². The summed E-state index contributed by atoms with van der Waals surface area (Å²) in [5.41, 5.74) is -0.0567. The SMILES string of the molecule is O=C(O)C=Cc1ccc(C(F)(F)F)c(-c2ccncc2)c1. The number of carboxylic acids is 1. The number of pyridine rings is 1. The van der Waals surface area contributed by atoms with Gasteiger partial charge in [-0.1, -0.05) is 6.07 Å². The van der Waals surface area contributed by atoms with E-state index in [2.05, 4.69) is 4.98 Å². The van der Waals surface area contributed by atoms with Crippen molar-refractivity contribution in [1.29, 1.82) is 0 Å². The summed E-state index contributed by atoms with van der Waals surface area (Å²) < 4.78 is 39.2. The van der Waals surface area contributed by atoms with Gasteiger partial charge >= 0.3 is 12.1 Å². The molecule has 0 saturated heterocycles. The van der Waals surface area contributed by atoms with Crippen molar-refractivity contribution in [1.82, 2.24) is 4.98 Å². The molecule has 0 fully saturated rings. The van der Waals surface area contributed by atoms with E-state index in [0.717, 1.165) is 12.1 Å². The predicted molar refractivity (Wildman–Crippen MR) is 71.3 cm³/mol. The van der Waals surface area contributed by atoms with Crippen molar-refractivity contribution in [3.05, 3.63) is 59.9 Å². The quantitative estimate of drug-likeness (QED) is 0.874. The summed E-state index contributed by atoms with van der Waals surface area (Å²) in [5, 5.41) is 8.57. The van der Waals surface area contributed by atoms with Crippen LogP contribution in [0.15, 0.2) is 48.8 Å². The number of halogens is 3. The highest BCUT2D eigenvalue weighted by Crippen LogP contribution is 2.37. The van der Waals surface area contributed by atoms with E-state index >= 15 is 0 Å². The molecule has 0 spiro atoms. The number of rotatable bonds is 3.